The highest BCUT2D eigenvalue weighted by atomic mass is 16.5. The molecule has 1 rings (SSSR count). The van der Waals surface area contributed by atoms with Crippen LogP contribution in [0.4, 0.5) is 0 Å². The van der Waals surface area contributed by atoms with E-state index in [1.807, 2.05) is 5.01 Å². The summed E-state index contributed by atoms with van der Waals surface area (Å²) in [5.41, 5.74) is 0.946. The van der Waals surface area contributed by atoms with Gasteiger partial charge in [-0.25, -0.2) is 4.79 Å². The maximum absolute atomic E-state index is 12.3. The Kier molecular flexibility index (Phi) is 4.79. The molecule has 1 heterocycles. The van der Waals surface area contributed by atoms with E-state index >= 15 is 0 Å². The summed E-state index contributed by atoms with van der Waals surface area (Å²) in [6.07, 6.45) is 0. The molecule has 1 amide bonds. The van der Waals surface area contributed by atoms with Gasteiger partial charge < -0.3 is 4.74 Å². The minimum atomic E-state index is -0.468. The molecule has 0 spiro atoms. The third kappa shape index (κ3) is 3.18. The Morgan fingerprint density at radius 1 is 1.21 bits per heavy atom. The number of quaternary nitrogens is 1. The third-order valence-corrected chi connectivity index (χ3v) is 3.33. The minimum absolute atomic E-state index is 0.0254. The number of morpholine rings is 1. The monoisotopic (exact) mass is 267 g/mol. The van der Waals surface area contributed by atoms with Crippen LogP contribution >= 0.6 is 0 Å². The summed E-state index contributed by atoms with van der Waals surface area (Å²) in [6, 6.07) is -0.468. The van der Waals surface area contributed by atoms with Crippen molar-refractivity contribution in [3.8, 4) is 0 Å². The molecule has 0 bridgehead atoms. The number of hydrogen-bond acceptors (Lipinski definition) is 4. The molecule has 1 atom stereocenters. The molecule has 19 heavy (non-hydrogen) atoms. The zero-order valence-electron chi connectivity index (χ0n) is 12.2. The van der Waals surface area contributed by atoms with E-state index < -0.39 is 6.04 Å². The van der Waals surface area contributed by atoms with Gasteiger partial charge in [0.05, 0.1) is 33.9 Å². The van der Waals surface area contributed by atoms with Crippen LogP contribution in [-0.4, -0.2) is 61.2 Å². The van der Waals surface area contributed by atoms with Crippen molar-refractivity contribution in [1.29, 1.82) is 0 Å². The van der Waals surface area contributed by atoms with Crippen molar-refractivity contribution in [2.24, 2.45) is 0 Å². The zero-order chi connectivity index (χ0) is 14.8. The number of likely N-dealkylation sites (N-methyl/N-ethyl adjacent to an activating group) is 1. The van der Waals surface area contributed by atoms with E-state index in [1.54, 1.807) is 27.9 Å². The molecule has 0 saturated carbocycles. The van der Waals surface area contributed by atoms with Gasteiger partial charge in [-0.2, -0.15) is 4.59 Å². The van der Waals surface area contributed by atoms with Gasteiger partial charge in [-0.05, 0) is 19.4 Å². The summed E-state index contributed by atoms with van der Waals surface area (Å²) < 4.78 is 5.35. The first kappa shape index (κ1) is 15.8. The second kappa shape index (κ2) is 5.77. The van der Waals surface area contributed by atoms with Gasteiger partial charge in [-0.1, -0.05) is 13.2 Å². The molecule has 5 heteroatoms. The average molecular weight is 267 g/mol. The maximum Gasteiger partial charge on any atom is 0.359 e. The number of nitrogens with zero attached hydrogens (tertiary/aromatic N) is 2. The molecule has 1 saturated heterocycles. The summed E-state index contributed by atoms with van der Waals surface area (Å²) >= 11 is 0. The largest absolute Gasteiger partial charge is 0.378 e. The van der Waals surface area contributed by atoms with Gasteiger partial charge in [-0.15, -0.1) is 5.01 Å². The average Bonchev–Trinajstić information content (AvgIpc) is 2.36. The van der Waals surface area contributed by atoms with Crippen LogP contribution in [0.3, 0.4) is 0 Å². The maximum atomic E-state index is 12.3. The highest BCUT2D eigenvalue weighted by molar-refractivity contribution is 5.98. The number of hydrogen-bond donors (Lipinski definition) is 0. The van der Waals surface area contributed by atoms with Crippen LogP contribution in [0.25, 0.3) is 0 Å². The molecule has 0 aromatic rings. The van der Waals surface area contributed by atoms with Crippen molar-refractivity contribution in [3.05, 3.63) is 24.3 Å². The predicted molar refractivity (Wildman–Crippen MR) is 73.1 cm³/mol. The van der Waals surface area contributed by atoms with Crippen molar-refractivity contribution in [2.75, 3.05) is 33.9 Å². The molecule has 0 radical (unpaired) electrons. The Labute approximate surface area is 114 Å². The standard InChI is InChI=1S/C14H23N2O3/c1-10(2)13(17)12-9-19-8-7-15(12)16(5,6)14(18)11(3)4/h12H,1,3,7-9H2,2,4-6H3/q+1. The number of rotatable bonds is 4. The van der Waals surface area contributed by atoms with Gasteiger partial charge in [0.25, 0.3) is 0 Å². The van der Waals surface area contributed by atoms with Crippen LogP contribution in [0.15, 0.2) is 24.3 Å². The van der Waals surface area contributed by atoms with Crippen molar-refractivity contribution in [2.45, 2.75) is 19.9 Å². The summed E-state index contributed by atoms with van der Waals surface area (Å²) in [6.45, 7) is 12.1. The van der Waals surface area contributed by atoms with Gasteiger partial charge in [0, 0.05) is 5.57 Å². The molecule has 5 nitrogen and oxygen atoms in total. The van der Waals surface area contributed by atoms with Gasteiger partial charge >= 0.3 is 5.91 Å². The summed E-state index contributed by atoms with van der Waals surface area (Å²) in [7, 11) is 3.53. The van der Waals surface area contributed by atoms with E-state index in [2.05, 4.69) is 13.2 Å². The lowest BCUT2D eigenvalue weighted by Crippen LogP contribution is -2.67. The first-order valence-electron chi connectivity index (χ1n) is 6.28. The second-order valence-corrected chi connectivity index (χ2v) is 5.38. The van der Waals surface area contributed by atoms with Gasteiger partial charge in [-0.3, -0.25) is 4.79 Å². The van der Waals surface area contributed by atoms with Crippen LogP contribution in [0.5, 0.6) is 0 Å². The molecule has 106 valence electrons. The number of carbonyl (C=O) groups is 2. The summed E-state index contributed by atoms with van der Waals surface area (Å²) in [4.78, 5) is 24.4. The van der Waals surface area contributed by atoms with Crippen molar-refractivity contribution >= 4 is 11.7 Å². The Hall–Kier alpha value is -1.30. The third-order valence-electron chi connectivity index (χ3n) is 3.33. The Bertz CT molecular complexity index is 426. The van der Waals surface area contributed by atoms with Crippen LogP contribution in [0.1, 0.15) is 13.8 Å². The van der Waals surface area contributed by atoms with E-state index in [-0.39, 0.29) is 22.9 Å². The molecule has 0 aromatic heterocycles. The van der Waals surface area contributed by atoms with Crippen LogP contribution in [0.2, 0.25) is 0 Å². The molecule has 0 aliphatic carbocycles. The van der Waals surface area contributed by atoms with Gasteiger partial charge in [0.2, 0.25) is 0 Å². The molecule has 1 unspecified atom stereocenters. The number of ether oxygens (including phenoxy) is 1. The Morgan fingerprint density at radius 3 is 2.26 bits per heavy atom. The SMILES string of the molecule is C=C(C)C(=O)C1COCCN1[N+](C)(C)C(=O)C(=C)C. The number of amides is 1. The highest BCUT2D eigenvalue weighted by Crippen LogP contribution is 2.20. The number of ketones is 1. The molecular formula is C14H23N2O3+. The van der Waals surface area contributed by atoms with Crippen molar-refractivity contribution < 1.29 is 18.9 Å². The normalized spacial score (nSPS) is 20.9. The fourth-order valence-corrected chi connectivity index (χ4v) is 2.27. The molecule has 1 fully saturated rings. The smallest absolute Gasteiger partial charge is 0.359 e. The molecule has 1 aliphatic heterocycles. The van der Waals surface area contributed by atoms with E-state index in [0.29, 0.717) is 24.3 Å². The second-order valence-electron chi connectivity index (χ2n) is 5.38. The fourth-order valence-electron chi connectivity index (χ4n) is 2.27. The van der Waals surface area contributed by atoms with Crippen molar-refractivity contribution in [3.63, 3.8) is 0 Å². The predicted octanol–water partition coefficient (Wildman–Crippen LogP) is 0.926. The quantitative estimate of drug-likeness (QED) is 0.561. The fraction of sp³-hybridized carbons (Fsp3) is 0.571. The van der Waals surface area contributed by atoms with E-state index in [0.717, 1.165) is 0 Å². The van der Waals surface area contributed by atoms with Crippen LogP contribution in [0, 0.1) is 0 Å². The lowest BCUT2D eigenvalue weighted by atomic mass is 10.1. The first-order valence-corrected chi connectivity index (χ1v) is 6.28. The lowest BCUT2D eigenvalue weighted by molar-refractivity contribution is -0.938. The van der Waals surface area contributed by atoms with Crippen molar-refractivity contribution in [1.82, 2.24) is 5.01 Å². The van der Waals surface area contributed by atoms with Crippen LogP contribution in [-0.2, 0) is 14.3 Å². The van der Waals surface area contributed by atoms with Crippen LogP contribution < -0.4 is 0 Å². The van der Waals surface area contributed by atoms with E-state index in [4.69, 9.17) is 4.74 Å². The highest BCUT2D eigenvalue weighted by Gasteiger charge is 2.44. The Balaban J connectivity index is 3.06. The Morgan fingerprint density at radius 2 is 1.79 bits per heavy atom. The van der Waals surface area contributed by atoms with E-state index in [9.17, 15) is 9.59 Å². The van der Waals surface area contributed by atoms with E-state index in [1.165, 1.54) is 0 Å². The first-order chi connectivity index (χ1) is 8.69. The molecule has 0 N–H and O–H groups in total. The van der Waals surface area contributed by atoms with Gasteiger partial charge in [0.15, 0.2) is 5.78 Å². The topological polar surface area (TPSA) is 46.6 Å². The minimum Gasteiger partial charge on any atom is -0.378 e. The molecular weight excluding hydrogens is 244 g/mol. The summed E-state index contributed by atoms with van der Waals surface area (Å²) in [5, 5.41) is 1.84. The van der Waals surface area contributed by atoms with Gasteiger partial charge in [0.1, 0.15) is 6.04 Å². The summed E-state index contributed by atoms with van der Waals surface area (Å²) in [5.74, 6) is -0.193. The zero-order valence-corrected chi connectivity index (χ0v) is 12.2. The number of carbonyl (C=O) groups excluding carboxylic acids is 2. The lowest BCUT2D eigenvalue weighted by Gasteiger charge is -2.43. The molecule has 0 aromatic carbocycles. The molecule has 1 aliphatic rings. The number of Topliss-reactive ketones (excluding diaryl/α,β-unsaturated/α-hetero) is 1.